The first-order valence-corrected chi connectivity index (χ1v) is 7.08. The summed E-state index contributed by atoms with van der Waals surface area (Å²) >= 11 is 0. The van der Waals surface area contributed by atoms with E-state index in [0.717, 1.165) is 0 Å². The van der Waals surface area contributed by atoms with E-state index in [2.05, 4.69) is 11.6 Å². The van der Waals surface area contributed by atoms with Crippen molar-refractivity contribution in [3.63, 3.8) is 0 Å². The van der Waals surface area contributed by atoms with Crippen molar-refractivity contribution in [1.82, 2.24) is 0 Å². The van der Waals surface area contributed by atoms with E-state index in [0.29, 0.717) is 16.8 Å². The predicted octanol–water partition coefficient (Wildman–Crippen LogP) is 4.06. The molecule has 0 aromatic rings. The molecule has 0 aromatic carbocycles. The molecule has 0 radical (unpaired) electrons. The Morgan fingerprint density at radius 2 is 1.67 bits per heavy atom. The molecule has 1 rings (SSSR count). The van der Waals surface area contributed by atoms with Gasteiger partial charge in [0.1, 0.15) is 5.83 Å². The molecule has 0 amide bonds. The molecule has 1 aliphatic rings. The fourth-order valence-corrected chi connectivity index (χ4v) is 1.94. The fourth-order valence-electron chi connectivity index (χ4n) is 1.94. The first-order valence-electron chi connectivity index (χ1n) is 7.08. The Kier molecular flexibility index (Phi) is 5.34. The van der Waals surface area contributed by atoms with Gasteiger partial charge < -0.3 is 9.31 Å². The Bertz CT molecular complexity index is 502. The molecule has 0 bridgehead atoms. The molecule has 1 heterocycles. The molecule has 1 aliphatic heterocycles. The van der Waals surface area contributed by atoms with E-state index in [4.69, 9.17) is 9.31 Å². The maximum absolute atomic E-state index is 13.6. The van der Waals surface area contributed by atoms with Crippen molar-refractivity contribution in [2.75, 3.05) is 7.05 Å². The zero-order chi connectivity index (χ0) is 16.4. The van der Waals surface area contributed by atoms with Gasteiger partial charge in [-0.2, -0.15) is 0 Å². The van der Waals surface area contributed by atoms with Crippen LogP contribution in [0.3, 0.4) is 0 Å². The summed E-state index contributed by atoms with van der Waals surface area (Å²) in [6, 6.07) is 0. The van der Waals surface area contributed by atoms with Crippen molar-refractivity contribution in [1.29, 1.82) is 0 Å². The molecule has 21 heavy (non-hydrogen) atoms. The molecule has 1 saturated heterocycles. The minimum Gasteiger partial charge on any atom is -0.398 e. The molecule has 0 aliphatic carbocycles. The summed E-state index contributed by atoms with van der Waals surface area (Å²) in [5.41, 5.74) is 0.937. The van der Waals surface area contributed by atoms with Crippen molar-refractivity contribution in [2.24, 2.45) is 4.99 Å². The van der Waals surface area contributed by atoms with Crippen LogP contribution in [-0.2, 0) is 9.31 Å². The highest BCUT2D eigenvalue weighted by atomic mass is 19.1. The lowest BCUT2D eigenvalue weighted by molar-refractivity contribution is 0.00578. The van der Waals surface area contributed by atoms with E-state index in [9.17, 15) is 4.39 Å². The number of aliphatic imine (C=N–C) groups is 1. The molecule has 1 fully saturated rings. The van der Waals surface area contributed by atoms with E-state index in [1.165, 1.54) is 12.2 Å². The van der Waals surface area contributed by atoms with Crippen LogP contribution in [-0.4, -0.2) is 31.0 Å². The molecule has 0 unspecified atom stereocenters. The van der Waals surface area contributed by atoms with Crippen molar-refractivity contribution in [3.05, 3.63) is 35.7 Å². The van der Waals surface area contributed by atoms with E-state index < -0.39 is 18.3 Å². The Morgan fingerprint density at radius 3 is 2.00 bits per heavy atom. The zero-order valence-electron chi connectivity index (χ0n) is 14.1. The minimum atomic E-state index is -0.632. The summed E-state index contributed by atoms with van der Waals surface area (Å²) in [5.74, 6) is -0.342. The van der Waals surface area contributed by atoms with E-state index in [1.807, 2.05) is 34.6 Å². The van der Waals surface area contributed by atoms with Gasteiger partial charge in [0.15, 0.2) is 0 Å². The standard InChI is InChI=1S/C16H25BFNO2/c1-9-12(18)10-13(11(2)3)14(19-8)17-20-15(4,5)16(6,7)21-17/h9-10H,2H2,1,3-8H3. The topological polar surface area (TPSA) is 30.8 Å². The van der Waals surface area contributed by atoms with Gasteiger partial charge in [0.25, 0.3) is 0 Å². The predicted molar refractivity (Wildman–Crippen MR) is 87.2 cm³/mol. The zero-order valence-corrected chi connectivity index (χ0v) is 14.1. The van der Waals surface area contributed by atoms with Crippen molar-refractivity contribution in [3.8, 4) is 0 Å². The highest BCUT2D eigenvalue weighted by Gasteiger charge is 2.53. The van der Waals surface area contributed by atoms with Gasteiger partial charge in [-0.1, -0.05) is 12.7 Å². The van der Waals surface area contributed by atoms with Crippen LogP contribution < -0.4 is 0 Å². The summed E-state index contributed by atoms with van der Waals surface area (Å²) < 4.78 is 25.6. The van der Waals surface area contributed by atoms with Gasteiger partial charge in [0.2, 0.25) is 0 Å². The molecular weight excluding hydrogens is 268 g/mol. The van der Waals surface area contributed by atoms with Crippen LogP contribution in [0.25, 0.3) is 0 Å². The molecule has 5 heteroatoms. The number of hydrogen-bond acceptors (Lipinski definition) is 3. The minimum absolute atomic E-state index is 0.342. The Morgan fingerprint density at radius 1 is 1.19 bits per heavy atom. The lowest BCUT2D eigenvalue weighted by Gasteiger charge is -2.32. The average molecular weight is 293 g/mol. The average Bonchev–Trinajstić information content (AvgIpc) is 2.57. The first kappa shape index (κ1) is 17.9. The second-order valence-electron chi connectivity index (χ2n) is 6.21. The van der Waals surface area contributed by atoms with Crippen LogP contribution in [0.15, 0.2) is 40.7 Å². The first-order chi connectivity index (χ1) is 9.55. The van der Waals surface area contributed by atoms with Gasteiger partial charge in [-0.25, -0.2) is 4.39 Å². The van der Waals surface area contributed by atoms with Crippen LogP contribution in [0.4, 0.5) is 4.39 Å². The Hall–Kier alpha value is -1.20. The van der Waals surface area contributed by atoms with Crippen LogP contribution >= 0.6 is 0 Å². The van der Waals surface area contributed by atoms with Crippen molar-refractivity contribution >= 4 is 12.7 Å². The van der Waals surface area contributed by atoms with Gasteiger partial charge in [-0.3, -0.25) is 4.99 Å². The third-order valence-electron chi connectivity index (χ3n) is 4.01. The van der Waals surface area contributed by atoms with E-state index >= 15 is 0 Å². The quantitative estimate of drug-likeness (QED) is 0.444. The third-order valence-corrected chi connectivity index (χ3v) is 4.01. The van der Waals surface area contributed by atoms with E-state index in [1.54, 1.807) is 14.0 Å². The van der Waals surface area contributed by atoms with Gasteiger partial charge >= 0.3 is 7.12 Å². The van der Waals surface area contributed by atoms with Gasteiger partial charge in [0.05, 0.1) is 16.8 Å². The molecular formula is C16H25BFNO2. The molecule has 0 spiro atoms. The summed E-state index contributed by atoms with van der Waals surface area (Å²) in [7, 11) is 1.01. The Labute approximate surface area is 127 Å². The molecule has 0 atom stereocenters. The maximum Gasteiger partial charge on any atom is 0.514 e. The summed E-state index contributed by atoms with van der Waals surface area (Å²) in [6.07, 6.45) is 2.80. The van der Waals surface area contributed by atoms with E-state index in [-0.39, 0.29) is 5.83 Å². The van der Waals surface area contributed by atoms with Crippen LogP contribution in [0.2, 0.25) is 0 Å². The number of hydrogen-bond donors (Lipinski definition) is 0. The SMILES string of the molecule is C=C(C)C(=CC(F)=CC)C(=NC)B1OC(C)(C)C(C)(C)O1. The lowest BCUT2D eigenvalue weighted by Crippen LogP contribution is -2.41. The summed E-state index contributed by atoms with van der Waals surface area (Å²) in [5, 5.41) is 0. The molecule has 116 valence electrons. The summed E-state index contributed by atoms with van der Waals surface area (Å²) in [6.45, 7) is 15.2. The van der Waals surface area contributed by atoms with Crippen molar-refractivity contribution < 1.29 is 13.7 Å². The van der Waals surface area contributed by atoms with Crippen molar-refractivity contribution in [2.45, 2.75) is 52.7 Å². The van der Waals surface area contributed by atoms with Crippen LogP contribution in [0.5, 0.6) is 0 Å². The summed E-state index contributed by atoms with van der Waals surface area (Å²) in [4.78, 5) is 4.25. The largest absolute Gasteiger partial charge is 0.514 e. The van der Waals surface area contributed by atoms with Gasteiger partial charge in [-0.05, 0) is 58.8 Å². The number of rotatable bonds is 4. The number of allylic oxidation sites excluding steroid dienone is 5. The Balaban J connectivity index is 3.20. The normalized spacial score (nSPS) is 22.7. The smallest absolute Gasteiger partial charge is 0.398 e. The second kappa shape index (κ2) is 6.28. The van der Waals surface area contributed by atoms with Crippen LogP contribution in [0.1, 0.15) is 41.5 Å². The fraction of sp³-hybridized carbons (Fsp3) is 0.562. The number of halogens is 1. The monoisotopic (exact) mass is 293 g/mol. The lowest BCUT2D eigenvalue weighted by atomic mass is 9.75. The highest BCUT2D eigenvalue weighted by molar-refractivity contribution is 6.86. The van der Waals surface area contributed by atoms with Crippen LogP contribution in [0, 0.1) is 0 Å². The van der Waals surface area contributed by atoms with Gasteiger partial charge in [0, 0.05) is 7.05 Å². The molecule has 0 N–H and O–H groups in total. The maximum atomic E-state index is 13.6. The second-order valence-corrected chi connectivity index (χ2v) is 6.21. The van der Waals surface area contributed by atoms with Gasteiger partial charge in [-0.15, -0.1) is 0 Å². The molecule has 0 aromatic heterocycles. The third kappa shape index (κ3) is 3.72. The molecule has 0 saturated carbocycles. The molecule has 3 nitrogen and oxygen atoms in total. The number of nitrogens with zero attached hydrogens (tertiary/aromatic N) is 1. The highest BCUT2D eigenvalue weighted by Crippen LogP contribution is 2.38.